The average molecular weight is 262 g/mol. The molecule has 3 nitrogen and oxygen atoms in total. The molecule has 3 heteroatoms. The van der Waals surface area contributed by atoms with Gasteiger partial charge in [-0.05, 0) is 29.5 Å². The van der Waals surface area contributed by atoms with Gasteiger partial charge < -0.3 is 11.1 Å². The molecule has 0 saturated heterocycles. The van der Waals surface area contributed by atoms with Crippen molar-refractivity contribution in [2.75, 3.05) is 13.1 Å². The highest BCUT2D eigenvalue weighted by Crippen LogP contribution is 2.28. The lowest BCUT2D eigenvalue weighted by Gasteiger charge is -2.28. The van der Waals surface area contributed by atoms with Crippen molar-refractivity contribution in [3.8, 4) is 0 Å². The molecule has 0 heterocycles. The van der Waals surface area contributed by atoms with Crippen LogP contribution in [0.1, 0.15) is 50.3 Å². The van der Waals surface area contributed by atoms with E-state index in [4.69, 9.17) is 5.73 Å². The molecule has 19 heavy (non-hydrogen) atoms. The predicted octanol–water partition coefficient (Wildman–Crippen LogP) is 2.47. The number of carbonyl (C=O) groups is 1. The Bertz CT molecular complexity index is 450. The highest BCUT2D eigenvalue weighted by molar-refractivity contribution is 5.77. The van der Waals surface area contributed by atoms with E-state index in [1.807, 2.05) is 0 Å². The van der Waals surface area contributed by atoms with Crippen LogP contribution in [0.2, 0.25) is 0 Å². The van der Waals surface area contributed by atoms with Crippen LogP contribution in [0.4, 0.5) is 0 Å². The molecule has 0 aliphatic rings. The van der Waals surface area contributed by atoms with Crippen molar-refractivity contribution in [1.82, 2.24) is 5.32 Å². The van der Waals surface area contributed by atoms with Crippen LogP contribution in [0.15, 0.2) is 18.2 Å². The average Bonchev–Trinajstić information content (AvgIpc) is 2.36. The van der Waals surface area contributed by atoms with Crippen molar-refractivity contribution in [2.45, 2.75) is 46.0 Å². The molecule has 0 unspecified atom stereocenters. The Labute approximate surface area is 116 Å². The largest absolute Gasteiger partial charge is 0.354 e. The second-order valence-corrected chi connectivity index (χ2v) is 6.09. The van der Waals surface area contributed by atoms with Crippen LogP contribution in [0.25, 0.3) is 0 Å². The quantitative estimate of drug-likeness (QED) is 0.856. The van der Waals surface area contributed by atoms with Gasteiger partial charge in [-0.15, -0.1) is 0 Å². The van der Waals surface area contributed by atoms with E-state index in [0.29, 0.717) is 12.5 Å². The van der Waals surface area contributed by atoms with Crippen molar-refractivity contribution in [3.63, 3.8) is 0 Å². The molecule has 3 N–H and O–H groups in total. The lowest BCUT2D eigenvalue weighted by Crippen LogP contribution is -2.39. The molecule has 0 saturated carbocycles. The summed E-state index contributed by atoms with van der Waals surface area (Å²) < 4.78 is 0. The van der Waals surface area contributed by atoms with E-state index >= 15 is 0 Å². The number of hydrogen-bond acceptors (Lipinski definition) is 2. The molecular formula is C16H26N2O. The van der Waals surface area contributed by atoms with E-state index in [0.717, 1.165) is 0 Å². The Morgan fingerprint density at radius 3 is 2.53 bits per heavy atom. The Balaban J connectivity index is 2.99. The minimum Gasteiger partial charge on any atom is -0.354 e. The van der Waals surface area contributed by atoms with Gasteiger partial charge in [-0.2, -0.15) is 0 Å². The number of benzene rings is 1. The summed E-state index contributed by atoms with van der Waals surface area (Å²) in [7, 11) is 0. The van der Waals surface area contributed by atoms with Crippen molar-refractivity contribution < 1.29 is 4.79 Å². The van der Waals surface area contributed by atoms with Gasteiger partial charge in [0.05, 0.1) is 6.54 Å². The molecular weight excluding hydrogens is 236 g/mol. The number of nitrogens with two attached hydrogens (primary N) is 1. The van der Waals surface area contributed by atoms with Gasteiger partial charge in [0.25, 0.3) is 0 Å². The molecule has 1 aromatic rings. The molecule has 0 aliphatic carbocycles. The van der Waals surface area contributed by atoms with Gasteiger partial charge in [0.2, 0.25) is 5.91 Å². The first kappa shape index (κ1) is 15.7. The molecule has 1 aromatic carbocycles. The normalized spacial score (nSPS) is 11.7. The summed E-state index contributed by atoms with van der Waals surface area (Å²) in [6, 6.07) is 6.60. The monoisotopic (exact) mass is 262 g/mol. The van der Waals surface area contributed by atoms with Crippen LogP contribution in [0, 0.1) is 6.92 Å². The highest BCUT2D eigenvalue weighted by atomic mass is 16.1. The molecule has 0 spiro atoms. The van der Waals surface area contributed by atoms with Gasteiger partial charge in [0.15, 0.2) is 0 Å². The third-order valence-electron chi connectivity index (χ3n) is 3.57. The molecule has 0 radical (unpaired) electrons. The second-order valence-electron chi connectivity index (χ2n) is 6.09. The summed E-state index contributed by atoms with van der Waals surface area (Å²) in [5.41, 5.74) is 9.11. The Kier molecular flexibility index (Phi) is 5.12. The molecule has 0 atom stereocenters. The fourth-order valence-electron chi connectivity index (χ4n) is 2.21. The molecule has 0 bridgehead atoms. The summed E-state index contributed by atoms with van der Waals surface area (Å²) in [5, 5.41) is 2.88. The third-order valence-corrected chi connectivity index (χ3v) is 3.57. The molecule has 106 valence electrons. The molecule has 1 amide bonds. The minimum absolute atomic E-state index is 0.0428. The van der Waals surface area contributed by atoms with E-state index in [1.54, 1.807) is 0 Å². The van der Waals surface area contributed by atoms with Crippen LogP contribution < -0.4 is 11.1 Å². The summed E-state index contributed by atoms with van der Waals surface area (Å²) >= 11 is 0. The van der Waals surface area contributed by atoms with Crippen LogP contribution in [0.5, 0.6) is 0 Å². The van der Waals surface area contributed by atoms with E-state index in [-0.39, 0.29) is 17.9 Å². The highest BCUT2D eigenvalue weighted by Gasteiger charge is 2.23. The maximum atomic E-state index is 11.3. The van der Waals surface area contributed by atoms with Gasteiger partial charge in [-0.3, -0.25) is 4.79 Å². The van der Waals surface area contributed by atoms with E-state index in [2.05, 4.69) is 58.1 Å². The number of carbonyl (C=O) groups excluding carboxylic acids is 1. The SMILES string of the molecule is Cc1ccc(C(C)C)cc1C(C)(C)CNC(=O)CN. The van der Waals surface area contributed by atoms with Gasteiger partial charge in [0.1, 0.15) is 0 Å². The fraction of sp³-hybridized carbons (Fsp3) is 0.562. The standard InChI is InChI=1S/C16H26N2O/c1-11(2)13-7-6-12(3)14(8-13)16(4,5)10-18-15(19)9-17/h6-8,11H,9-10,17H2,1-5H3,(H,18,19). The fourth-order valence-corrected chi connectivity index (χ4v) is 2.21. The van der Waals surface area contributed by atoms with Gasteiger partial charge in [0, 0.05) is 12.0 Å². The first-order chi connectivity index (χ1) is 8.77. The van der Waals surface area contributed by atoms with Crippen molar-refractivity contribution in [3.05, 3.63) is 34.9 Å². The van der Waals surface area contributed by atoms with Gasteiger partial charge in [-0.1, -0.05) is 45.9 Å². The minimum atomic E-state index is -0.106. The summed E-state index contributed by atoms with van der Waals surface area (Å²) in [4.78, 5) is 11.3. The summed E-state index contributed by atoms with van der Waals surface area (Å²) in [5.74, 6) is 0.402. The van der Waals surface area contributed by atoms with Gasteiger partial charge >= 0.3 is 0 Å². The van der Waals surface area contributed by atoms with Crippen LogP contribution in [0.3, 0.4) is 0 Å². The smallest absolute Gasteiger partial charge is 0.233 e. The molecule has 0 aliphatic heterocycles. The first-order valence-electron chi connectivity index (χ1n) is 6.85. The number of amides is 1. The van der Waals surface area contributed by atoms with Crippen molar-refractivity contribution in [2.24, 2.45) is 5.73 Å². The summed E-state index contributed by atoms with van der Waals surface area (Å²) in [6.07, 6.45) is 0. The van der Waals surface area contributed by atoms with Crippen molar-refractivity contribution in [1.29, 1.82) is 0 Å². The molecule has 1 rings (SSSR count). The van der Waals surface area contributed by atoms with Crippen LogP contribution in [-0.2, 0) is 10.2 Å². The zero-order chi connectivity index (χ0) is 14.6. The maximum Gasteiger partial charge on any atom is 0.233 e. The predicted molar refractivity (Wildman–Crippen MR) is 80.4 cm³/mol. The number of aryl methyl sites for hydroxylation is 1. The lowest BCUT2D eigenvalue weighted by atomic mass is 9.80. The second kappa shape index (κ2) is 6.20. The van der Waals surface area contributed by atoms with Gasteiger partial charge in [-0.25, -0.2) is 0 Å². The summed E-state index contributed by atoms with van der Waals surface area (Å²) in [6.45, 7) is 11.4. The molecule has 0 aromatic heterocycles. The topological polar surface area (TPSA) is 55.1 Å². The van der Waals surface area contributed by atoms with Crippen molar-refractivity contribution >= 4 is 5.91 Å². The Hall–Kier alpha value is -1.35. The first-order valence-corrected chi connectivity index (χ1v) is 6.85. The van der Waals surface area contributed by atoms with Crippen LogP contribution >= 0.6 is 0 Å². The third kappa shape index (κ3) is 4.06. The van der Waals surface area contributed by atoms with E-state index in [1.165, 1.54) is 16.7 Å². The lowest BCUT2D eigenvalue weighted by molar-refractivity contribution is -0.119. The zero-order valence-corrected chi connectivity index (χ0v) is 12.7. The van der Waals surface area contributed by atoms with E-state index < -0.39 is 0 Å². The molecule has 0 fully saturated rings. The van der Waals surface area contributed by atoms with Crippen LogP contribution in [-0.4, -0.2) is 19.0 Å². The zero-order valence-electron chi connectivity index (χ0n) is 12.7. The number of nitrogens with one attached hydrogen (secondary N) is 1. The Morgan fingerprint density at radius 2 is 2.00 bits per heavy atom. The number of rotatable bonds is 5. The maximum absolute atomic E-state index is 11.3. The Morgan fingerprint density at radius 1 is 1.37 bits per heavy atom. The van der Waals surface area contributed by atoms with E-state index in [9.17, 15) is 4.79 Å². The number of hydrogen-bond donors (Lipinski definition) is 2.